The van der Waals surface area contributed by atoms with Crippen LogP contribution in [0.25, 0.3) is 0 Å². The molecule has 1 aliphatic carbocycles. The van der Waals surface area contributed by atoms with Crippen LogP contribution in [0.2, 0.25) is 0 Å². The number of likely N-dealkylation sites (N-methyl/N-ethyl adjacent to an activating group) is 1. The van der Waals surface area contributed by atoms with E-state index in [9.17, 15) is 9.90 Å². The number of likely N-dealkylation sites (tertiary alicyclic amines) is 1. The van der Waals surface area contributed by atoms with Crippen LogP contribution in [0.3, 0.4) is 0 Å². The second kappa shape index (κ2) is 3.95. The SMILES string of the molecule is CN1CCC2(c3ccc(O)cc3)C=CC(=O)CC12. The second-order valence-corrected chi connectivity index (χ2v) is 5.34. The highest BCUT2D eigenvalue weighted by molar-refractivity contribution is 5.92. The zero-order chi connectivity index (χ0) is 12.8. The number of hydrogen-bond donors (Lipinski definition) is 1. The third-order valence-electron chi connectivity index (χ3n) is 4.37. The molecule has 1 heterocycles. The Morgan fingerprint density at radius 3 is 2.78 bits per heavy atom. The lowest BCUT2D eigenvalue weighted by atomic mass is 9.70. The molecule has 1 aromatic rings. The quantitative estimate of drug-likeness (QED) is 0.818. The Morgan fingerprint density at radius 1 is 1.33 bits per heavy atom. The number of nitrogens with zero attached hydrogens (tertiary/aromatic N) is 1. The second-order valence-electron chi connectivity index (χ2n) is 5.34. The highest BCUT2D eigenvalue weighted by Gasteiger charge is 2.47. The van der Waals surface area contributed by atoms with Crippen LogP contribution in [0.15, 0.2) is 36.4 Å². The summed E-state index contributed by atoms with van der Waals surface area (Å²) in [4.78, 5) is 13.9. The van der Waals surface area contributed by atoms with Gasteiger partial charge in [0.15, 0.2) is 5.78 Å². The zero-order valence-corrected chi connectivity index (χ0v) is 10.5. The van der Waals surface area contributed by atoms with Crippen molar-refractivity contribution >= 4 is 5.78 Å². The average Bonchev–Trinajstić information content (AvgIpc) is 2.69. The van der Waals surface area contributed by atoms with E-state index in [1.54, 1.807) is 18.2 Å². The van der Waals surface area contributed by atoms with Crippen LogP contribution < -0.4 is 0 Å². The topological polar surface area (TPSA) is 40.5 Å². The van der Waals surface area contributed by atoms with Crippen LogP contribution >= 0.6 is 0 Å². The predicted molar refractivity (Wildman–Crippen MR) is 69.6 cm³/mol. The van der Waals surface area contributed by atoms with Crippen molar-refractivity contribution < 1.29 is 9.90 Å². The summed E-state index contributed by atoms with van der Waals surface area (Å²) < 4.78 is 0. The van der Waals surface area contributed by atoms with E-state index in [0.29, 0.717) is 6.42 Å². The lowest BCUT2D eigenvalue weighted by Gasteiger charge is -2.37. The maximum atomic E-state index is 11.6. The molecule has 0 radical (unpaired) electrons. The Morgan fingerprint density at radius 2 is 2.06 bits per heavy atom. The smallest absolute Gasteiger partial charge is 0.157 e. The standard InChI is InChI=1S/C15H17NO2/c1-16-9-8-15(7-6-13(18)10-14(15)16)11-2-4-12(17)5-3-11/h2-7,14,17H,8-10H2,1H3. The van der Waals surface area contributed by atoms with E-state index in [0.717, 1.165) is 13.0 Å². The van der Waals surface area contributed by atoms with Crippen molar-refractivity contribution in [3.05, 3.63) is 42.0 Å². The molecule has 0 bridgehead atoms. The van der Waals surface area contributed by atoms with Crippen LogP contribution in [0.5, 0.6) is 5.75 Å². The van der Waals surface area contributed by atoms with Gasteiger partial charge in [-0.15, -0.1) is 0 Å². The van der Waals surface area contributed by atoms with Gasteiger partial charge in [0.2, 0.25) is 0 Å². The van der Waals surface area contributed by atoms with E-state index < -0.39 is 0 Å². The number of carbonyl (C=O) groups excluding carboxylic acids is 1. The van der Waals surface area contributed by atoms with Crippen LogP contribution in [0.4, 0.5) is 0 Å². The van der Waals surface area contributed by atoms with E-state index in [4.69, 9.17) is 0 Å². The third-order valence-corrected chi connectivity index (χ3v) is 4.37. The van der Waals surface area contributed by atoms with Gasteiger partial charge in [0, 0.05) is 17.9 Å². The van der Waals surface area contributed by atoms with E-state index >= 15 is 0 Å². The maximum Gasteiger partial charge on any atom is 0.157 e. The number of allylic oxidation sites excluding steroid dienone is 1. The molecule has 1 aliphatic heterocycles. The first-order valence-corrected chi connectivity index (χ1v) is 6.34. The molecule has 1 saturated heterocycles. The molecule has 1 aromatic carbocycles. The fourth-order valence-electron chi connectivity index (χ4n) is 3.31. The normalized spacial score (nSPS) is 31.6. The van der Waals surface area contributed by atoms with Crippen LogP contribution in [0.1, 0.15) is 18.4 Å². The van der Waals surface area contributed by atoms with Gasteiger partial charge in [0.05, 0.1) is 0 Å². The lowest BCUT2D eigenvalue weighted by molar-refractivity contribution is -0.116. The molecule has 3 heteroatoms. The van der Waals surface area contributed by atoms with Crippen LogP contribution in [0, 0.1) is 0 Å². The number of ketones is 1. The zero-order valence-electron chi connectivity index (χ0n) is 10.5. The monoisotopic (exact) mass is 243 g/mol. The Kier molecular flexibility index (Phi) is 2.52. The summed E-state index contributed by atoms with van der Waals surface area (Å²) in [6.45, 7) is 1.00. The lowest BCUT2D eigenvalue weighted by Crippen LogP contribution is -2.43. The van der Waals surface area contributed by atoms with Gasteiger partial charge in [-0.1, -0.05) is 18.2 Å². The molecule has 0 spiro atoms. The summed E-state index contributed by atoms with van der Waals surface area (Å²) in [6.07, 6.45) is 5.42. The Bertz CT molecular complexity index is 506. The summed E-state index contributed by atoms with van der Waals surface area (Å²) >= 11 is 0. The van der Waals surface area contributed by atoms with Crippen molar-refractivity contribution in [1.29, 1.82) is 0 Å². The van der Waals surface area contributed by atoms with Crippen molar-refractivity contribution in [2.45, 2.75) is 24.3 Å². The molecule has 3 nitrogen and oxygen atoms in total. The summed E-state index contributed by atoms with van der Waals surface area (Å²) in [5.41, 5.74) is 1.13. The molecule has 18 heavy (non-hydrogen) atoms. The fraction of sp³-hybridized carbons (Fsp3) is 0.400. The number of carbonyl (C=O) groups is 1. The Balaban J connectivity index is 2.08. The number of fused-ring (bicyclic) bond motifs is 1. The minimum Gasteiger partial charge on any atom is -0.508 e. The van der Waals surface area contributed by atoms with E-state index in [-0.39, 0.29) is 23.0 Å². The van der Waals surface area contributed by atoms with Gasteiger partial charge in [-0.25, -0.2) is 0 Å². The Labute approximate surface area is 107 Å². The minimum absolute atomic E-state index is 0.0592. The van der Waals surface area contributed by atoms with Crippen LogP contribution in [-0.2, 0) is 10.2 Å². The van der Waals surface area contributed by atoms with Gasteiger partial charge in [-0.2, -0.15) is 0 Å². The van der Waals surface area contributed by atoms with Crippen molar-refractivity contribution in [2.24, 2.45) is 0 Å². The van der Waals surface area contributed by atoms with Crippen molar-refractivity contribution in [3.8, 4) is 5.75 Å². The first-order valence-electron chi connectivity index (χ1n) is 6.34. The third kappa shape index (κ3) is 1.58. The molecule has 2 aliphatic rings. The average molecular weight is 243 g/mol. The number of phenols is 1. The molecule has 1 fully saturated rings. The van der Waals surface area contributed by atoms with Gasteiger partial charge in [0.25, 0.3) is 0 Å². The maximum absolute atomic E-state index is 11.6. The van der Waals surface area contributed by atoms with Crippen molar-refractivity contribution in [2.75, 3.05) is 13.6 Å². The Hall–Kier alpha value is -1.61. The molecule has 0 amide bonds. The van der Waals surface area contributed by atoms with Crippen molar-refractivity contribution in [1.82, 2.24) is 4.90 Å². The molecule has 94 valence electrons. The minimum atomic E-state index is -0.0592. The number of hydrogen-bond acceptors (Lipinski definition) is 3. The fourth-order valence-corrected chi connectivity index (χ4v) is 3.31. The van der Waals surface area contributed by atoms with Gasteiger partial charge in [0.1, 0.15) is 5.75 Å². The first kappa shape index (κ1) is 11.5. The molecule has 3 rings (SSSR count). The molecule has 2 atom stereocenters. The van der Waals surface area contributed by atoms with E-state index in [2.05, 4.69) is 18.0 Å². The molecule has 0 saturated carbocycles. The summed E-state index contributed by atoms with van der Waals surface area (Å²) in [5.74, 6) is 0.497. The molecular formula is C15H17NO2. The van der Waals surface area contributed by atoms with Gasteiger partial charge >= 0.3 is 0 Å². The van der Waals surface area contributed by atoms with E-state index in [1.165, 1.54) is 5.56 Å². The molecular weight excluding hydrogens is 226 g/mol. The highest BCUT2D eigenvalue weighted by atomic mass is 16.3. The first-order chi connectivity index (χ1) is 8.62. The summed E-state index contributed by atoms with van der Waals surface area (Å²) in [5, 5.41) is 9.40. The largest absolute Gasteiger partial charge is 0.508 e. The number of benzene rings is 1. The summed E-state index contributed by atoms with van der Waals surface area (Å²) in [7, 11) is 2.08. The highest BCUT2D eigenvalue weighted by Crippen LogP contribution is 2.44. The molecule has 2 unspecified atom stereocenters. The van der Waals surface area contributed by atoms with Gasteiger partial charge < -0.3 is 10.0 Å². The molecule has 0 aromatic heterocycles. The summed E-state index contributed by atoms with van der Waals surface area (Å²) in [6, 6.07) is 7.65. The van der Waals surface area contributed by atoms with Gasteiger partial charge in [-0.3, -0.25) is 4.79 Å². The number of rotatable bonds is 1. The van der Waals surface area contributed by atoms with E-state index in [1.807, 2.05) is 12.1 Å². The number of aromatic hydroxyl groups is 1. The predicted octanol–water partition coefficient (Wildman–Crippen LogP) is 1.86. The van der Waals surface area contributed by atoms with Crippen molar-refractivity contribution in [3.63, 3.8) is 0 Å². The van der Waals surface area contributed by atoms with Crippen LogP contribution in [-0.4, -0.2) is 35.4 Å². The number of phenolic OH excluding ortho intramolecular Hbond substituents is 1. The van der Waals surface area contributed by atoms with Gasteiger partial charge in [-0.05, 0) is 43.8 Å². The molecule has 1 N–H and O–H groups in total.